The van der Waals surface area contributed by atoms with E-state index in [4.69, 9.17) is 0 Å². The van der Waals surface area contributed by atoms with Crippen molar-refractivity contribution in [2.45, 2.75) is 18.7 Å². The molecule has 2 heterocycles. The second-order valence-corrected chi connectivity index (χ2v) is 4.38. The summed E-state index contributed by atoms with van der Waals surface area (Å²) < 4.78 is 0. The van der Waals surface area contributed by atoms with E-state index in [1.165, 1.54) is 0 Å². The number of thioether (sulfide) groups is 1. The van der Waals surface area contributed by atoms with Crippen molar-refractivity contribution in [1.29, 1.82) is 0 Å². The van der Waals surface area contributed by atoms with Gasteiger partial charge >= 0.3 is 0 Å². The predicted octanol–water partition coefficient (Wildman–Crippen LogP) is 0.279. The molecule has 4 nitrogen and oxygen atoms in total. The highest BCUT2D eigenvalue weighted by atomic mass is 32.2. The maximum Gasteiger partial charge on any atom is 0.255 e. The molecule has 0 saturated heterocycles. The molecule has 0 amide bonds. The number of aromatic amines is 1. The summed E-state index contributed by atoms with van der Waals surface area (Å²) in [6.45, 7) is 0.621. The van der Waals surface area contributed by atoms with Crippen LogP contribution in [-0.4, -0.2) is 22.8 Å². The first-order valence-corrected chi connectivity index (χ1v) is 5.80. The van der Waals surface area contributed by atoms with E-state index >= 15 is 0 Å². The molecule has 0 spiro atoms. The van der Waals surface area contributed by atoms with Crippen LogP contribution in [-0.2, 0) is 18.7 Å². The van der Waals surface area contributed by atoms with Crippen LogP contribution in [0.25, 0.3) is 0 Å². The van der Waals surface area contributed by atoms with E-state index in [0.29, 0.717) is 6.54 Å². The maximum atomic E-state index is 11.6. The molecule has 0 unspecified atom stereocenters. The summed E-state index contributed by atoms with van der Waals surface area (Å²) in [6, 6.07) is 0. The van der Waals surface area contributed by atoms with E-state index < -0.39 is 0 Å². The first-order valence-electron chi connectivity index (χ1n) is 4.64. The van der Waals surface area contributed by atoms with Crippen LogP contribution in [0.2, 0.25) is 0 Å². The lowest BCUT2D eigenvalue weighted by atomic mass is 10.2. The molecular formula is C9H13N3OS. The van der Waals surface area contributed by atoms with E-state index in [0.717, 1.165) is 35.0 Å². The van der Waals surface area contributed by atoms with Gasteiger partial charge in [-0.25, -0.2) is 4.98 Å². The maximum absolute atomic E-state index is 11.6. The van der Waals surface area contributed by atoms with E-state index in [9.17, 15) is 4.79 Å². The van der Waals surface area contributed by atoms with Crippen LogP contribution >= 0.6 is 11.8 Å². The van der Waals surface area contributed by atoms with Crippen LogP contribution in [0.5, 0.6) is 0 Å². The first kappa shape index (κ1) is 9.73. The van der Waals surface area contributed by atoms with Gasteiger partial charge in [-0.3, -0.25) is 4.79 Å². The summed E-state index contributed by atoms with van der Waals surface area (Å²) >= 11 is 1.80. The Labute approximate surface area is 86.5 Å². The summed E-state index contributed by atoms with van der Waals surface area (Å²) in [5.41, 5.74) is 1.88. The molecule has 0 aliphatic carbocycles. The topological polar surface area (TPSA) is 57.8 Å². The van der Waals surface area contributed by atoms with Crippen molar-refractivity contribution >= 4 is 11.8 Å². The molecule has 76 valence electrons. The molecule has 0 aromatic carbocycles. The summed E-state index contributed by atoms with van der Waals surface area (Å²) in [5.74, 6) is 2.61. The van der Waals surface area contributed by atoms with Crippen LogP contribution in [0.15, 0.2) is 4.79 Å². The fourth-order valence-electron chi connectivity index (χ4n) is 1.55. The van der Waals surface area contributed by atoms with Gasteiger partial charge in [0.1, 0.15) is 5.82 Å². The van der Waals surface area contributed by atoms with E-state index in [1.807, 2.05) is 7.05 Å². The van der Waals surface area contributed by atoms with E-state index in [1.54, 1.807) is 11.8 Å². The Kier molecular flexibility index (Phi) is 2.88. The number of nitrogens with one attached hydrogen (secondary N) is 2. The van der Waals surface area contributed by atoms with Gasteiger partial charge in [0, 0.05) is 11.3 Å². The number of rotatable bonds is 2. The second-order valence-electron chi connectivity index (χ2n) is 3.27. The Bertz CT molecular complexity index is 388. The SMILES string of the molecule is CNCc1nc2c(c(=O)[nH]1)CSCC2. The summed E-state index contributed by atoms with van der Waals surface area (Å²) in [5, 5.41) is 2.98. The van der Waals surface area contributed by atoms with Gasteiger partial charge in [0.05, 0.1) is 12.2 Å². The number of hydrogen-bond acceptors (Lipinski definition) is 4. The van der Waals surface area contributed by atoms with Gasteiger partial charge in [0.25, 0.3) is 5.56 Å². The van der Waals surface area contributed by atoms with Gasteiger partial charge in [0.2, 0.25) is 0 Å². The largest absolute Gasteiger partial charge is 0.313 e. The average molecular weight is 211 g/mol. The Morgan fingerprint density at radius 1 is 1.64 bits per heavy atom. The lowest BCUT2D eigenvalue weighted by molar-refractivity contribution is 0.734. The highest BCUT2D eigenvalue weighted by Crippen LogP contribution is 2.19. The molecule has 1 aromatic rings. The van der Waals surface area contributed by atoms with Crippen LogP contribution < -0.4 is 10.9 Å². The van der Waals surface area contributed by atoms with Gasteiger partial charge in [-0.15, -0.1) is 0 Å². The molecule has 1 aromatic heterocycles. The number of nitrogens with zero attached hydrogens (tertiary/aromatic N) is 1. The average Bonchev–Trinajstić information content (AvgIpc) is 2.18. The minimum Gasteiger partial charge on any atom is -0.313 e. The summed E-state index contributed by atoms with van der Waals surface area (Å²) in [4.78, 5) is 18.8. The Morgan fingerprint density at radius 2 is 2.50 bits per heavy atom. The standard InChI is InChI=1S/C9H13N3OS/c1-10-4-8-11-7-2-3-14-5-6(7)9(13)12-8/h10H,2-5H2,1H3,(H,11,12,13). The lowest BCUT2D eigenvalue weighted by Crippen LogP contribution is -2.24. The third-order valence-electron chi connectivity index (χ3n) is 2.22. The summed E-state index contributed by atoms with van der Waals surface area (Å²) in [6.07, 6.45) is 0.917. The zero-order valence-corrected chi connectivity index (χ0v) is 8.91. The Hall–Kier alpha value is -0.810. The molecule has 0 radical (unpaired) electrons. The van der Waals surface area contributed by atoms with Crippen molar-refractivity contribution in [1.82, 2.24) is 15.3 Å². The van der Waals surface area contributed by atoms with E-state index in [-0.39, 0.29) is 5.56 Å². The van der Waals surface area contributed by atoms with Crippen molar-refractivity contribution in [3.63, 3.8) is 0 Å². The molecule has 0 saturated carbocycles. The zero-order valence-electron chi connectivity index (χ0n) is 8.09. The van der Waals surface area contributed by atoms with Crippen molar-refractivity contribution in [3.05, 3.63) is 27.4 Å². The molecule has 1 aliphatic heterocycles. The summed E-state index contributed by atoms with van der Waals surface area (Å²) in [7, 11) is 1.84. The normalized spacial score (nSPS) is 15.2. The molecule has 5 heteroatoms. The zero-order chi connectivity index (χ0) is 9.97. The second kappa shape index (κ2) is 4.14. The van der Waals surface area contributed by atoms with Crippen LogP contribution in [0, 0.1) is 0 Å². The highest BCUT2D eigenvalue weighted by molar-refractivity contribution is 7.98. The monoisotopic (exact) mass is 211 g/mol. The minimum atomic E-state index is 0.0347. The third-order valence-corrected chi connectivity index (χ3v) is 3.21. The molecular weight excluding hydrogens is 198 g/mol. The smallest absolute Gasteiger partial charge is 0.255 e. The predicted molar refractivity (Wildman–Crippen MR) is 57.5 cm³/mol. The fraction of sp³-hybridized carbons (Fsp3) is 0.556. The van der Waals surface area contributed by atoms with Gasteiger partial charge in [-0.05, 0) is 19.2 Å². The molecule has 1 aliphatic rings. The number of hydrogen-bond donors (Lipinski definition) is 2. The third kappa shape index (κ3) is 1.83. The van der Waals surface area contributed by atoms with Crippen molar-refractivity contribution in [3.8, 4) is 0 Å². The van der Waals surface area contributed by atoms with Gasteiger partial charge < -0.3 is 10.3 Å². The van der Waals surface area contributed by atoms with Gasteiger partial charge in [-0.1, -0.05) is 0 Å². The Balaban J connectivity index is 2.41. The molecule has 0 fully saturated rings. The van der Waals surface area contributed by atoms with Gasteiger partial charge in [0.15, 0.2) is 0 Å². The van der Waals surface area contributed by atoms with Crippen molar-refractivity contribution in [2.75, 3.05) is 12.8 Å². The number of H-pyrrole nitrogens is 1. The molecule has 0 atom stereocenters. The molecule has 2 N–H and O–H groups in total. The molecule has 0 bridgehead atoms. The fourth-order valence-corrected chi connectivity index (χ4v) is 2.53. The Morgan fingerprint density at radius 3 is 3.29 bits per heavy atom. The van der Waals surface area contributed by atoms with Crippen LogP contribution in [0.1, 0.15) is 17.1 Å². The number of aryl methyl sites for hydroxylation is 1. The lowest BCUT2D eigenvalue weighted by Gasteiger charge is -2.14. The molecule has 14 heavy (non-hydrogen) atoms. The number of fused-ring (bicyclic) bond motifs is 1. The highest BCUT2D eigenvalue weighted by Gasteiger charge is 2.15. The quantitative estimate of drug-likeness (QED) is 0.737. The number of aromatic nitrogens is 2. The minimum absolute atomic E-state index is 0.0347. The van der Waals surface area contributed by atoms with Crippen LogP contribution in [0.4, 0.5) is 0 Å². The van der Waals surface area contributed by atoms with Crippen LogP contribution in [0.3, 0.4) is 0 Å². The van der Waals surface area contributed by atoms with Gasteiger partial charge in [-0.2, -0.15) is 11.8 Å². The van der Waals surface area contributed by atoms with Crippen molar-refractivity contribution < 1.29 is 0 Å². The first-order chi connectivity index (χ1) is 6.81. The molecule has 2 rings (SSSR count). The van der Waals surface area contributed by atoms with Crippen molar-refractivity contribution in [2.24, 2.45) is 0 Å². The van der Waals surface area contributed by atoms with E-state index in [2.05, 4.69) is 15.3 Å².